The van der Waals surface area contributed by atoms with E-state index in [9.17, 15) is 4.79 Å². The van der Waals surface area contributed by atoms with Crippen LogP contribution < -0.4 is 10.1 Å². The molecule has 0 aliphatic carbocycles. The van der Waals surface area contributed by atoms with Gasteiger partial charge in [0.2, 0.25) is 5.91 Å². The Labute approximate surface area is 146 Å². The van der Waals surface area contributed by atoms with Gasteiger partial charge in [0.1, 0.15) is 12.4 Å². The molecule has 124 valence electrons. The molecule has 0 saturated carbocycles. The van der Waals surface area contributed by atoms with Gasteiger partial charge in [0.15, 0.2) is 0 Å². The minimum absolute atomic E-state index is 0.204. The van der Waals surface area contributed by atoms with Crippen molar-refractivity contribution in [3.8, 4) is 5.75 Å². The minimum Gasteiger partial charge on any atom is -0.489 e. The Hall–Kier alpha value is -3.47. The summed E-state index contributed by atoms with van der Waals surface area (Å²) < 4.78 is 5.70. The van der Waals surface area contributed by atoms with Gasteiger partial charge in [-0.25, -0.2) is 0 Å². The monoisotopic (exact) mass is 331 g/mol. The first-order valence-corrected chi connectivity index (χ1v) is 7.80. The van der Waals surface area contributed by atoms with Gasteiger partial charge in [-0.1, -0.05) is 18.2 Å². The number of ether oxygens (including phenoxy) is 1. The molecule has 0 fully saturated rings. The Morgan fingerprint density at radius 2 is 1.76 bits per heavy atom. The molecule has 0 bridgehead atoms. The van der Waals surface area contributed by atoms with Crippen LogP contribution in [0.1, 0.15) is 11.1 Å². The molecule has 5 nitrogen and oxygen atoms in total. The summed E-state index contributed by atoms with van der Waals surface area (Å²) in [7, 11) is 0. The highest BCUT2D eigenvalue weighted by Crippen LogP contribution is 2.15. The molecule has 0 spiro atoms. The van der Waals surface area contributed by atoms with Crippen LogP contribution in [0.3, 0.4) is 0 Å². The highest BCUT2D eigenvalue weighted by Gasteiger charge is 1.98. The van der Waals surface area contributed by atoms with Crippen LogP contribution in [0, 0.1) is 0 Å². The largest absolute Gasteiger partial charge is 0.489 e. The molecule has 0 aliphatic rings. The van der Waals surface area contributed by atoms with Crippen LogP contribution >= 0.6 is 0 Å². The van der Waals surface area contributed by atoms with Crippen molar-refractivity contribution in [2.75, 3.05) is 5.32 Å². The fraction of sp³-hybridized carbons (Fsp3) is 0.0500. The van der Waals surface area contributed by atoms with Crippen LogP contribution in [0.25, 0.3) is 6.08 Å². The third kappa shape index (κ3) is 5.28. The van der Waals surface area contributed by atoms with Crippen molar-refractivity contribution >= 4 is 17.7 Å². The van der Waals surface area contributed by atoms with Crippen molar-refractivity contribution in [2.24, 2.45) is 0 Å². The molecule has 1 N–H and O–H groups in total. The van der Waals surface area contributed by atoms with Gasteiger partial charge in [-0.2, -0.15) is 0 Å². The maximum atomic E-state index is 11.9. The summed E-state index contributed by atoms with van der Waals surface area (Å²) in [5.74, 6) is 0.561. The number of pyridine rings is 2. The SMILES string of the molecule is O=C(/C=C/c1ccc(OCc2cccnc2)cc1)Nc1cccnc1. The lowest BCUT2D eigenvalue weighted by Crippen LogP contribution is -2.07. The average molecular weight is 331 g/mol. The van der Waals surface area contributed by atoms with Gasteiger partial charge in [0, 0.05) is 30.2 Å². The van der Waals surface area contributed by atoms with Crippen LogP contribution in [-0.2, 0) is 11.4 Å². The van der Waals surface area contributed by atoms with Gasteiger partial charge in [0.25, 0.3) is 0 Å². The molecule has 3 rings (SSSR count). The number of nitrogens with one attached hydrogen (secondary N) is 1. The number of carbonyl (C=O) groups excluding carboxylic acids is 1. The van der Waals surface area contributed by atoms with E-state index in [4.69, 9.17) is 4.74 Å². The summed E-state index contributed by atoms with van der Waals surface area (Å²) in [6.45, 7) is 0.469. The summed E-state index contributed by atoms with van der Waals surface area (Å²) >= 11 is 0. The van der Waals surface area contributed by atoms with E-state index in [1.165, 1.54) is 6.08 Å². The lowest BCUT2D eigenvalue weighted by Gasteiger charge is -2.06. The predicted octanol–water partition coefficient (Wildman–Crippen LogP) is 3.71. The molecule has 1 aromatic carbocycles. The zero-order valence-corrected chi connectivity index (χ0v) is 13.5. The zero-order valence-electron chi connectivity index (χ0n) is 13.5. The number of amides is 1. The van der Waals surface area contributed by atoms with E-state index >= 15 is 0 Å². The minimum atomic E-state index is -0.204. The standard InChI is InChI=1S/C20H17N3O2/c24-20(23-18-4-2-12-22-14-18)10-7-16-5-8-19(9-6-16)25-15-17-3-1-11-21-13-17/h1-14H,15H2,(H,23,24)/b10-7+. The number of hydrogen-bond donors (Lipinski definition) is 1. The van der Waals surface area contributed by atoms with Crippen molar-refractivity contribution in [3.63, 3.8) is 0 Å². The molecule has 0 aliphatic heterocycles. The number of hydrogen-bond acceptors (Lipinski definition) is 4. The first kappa shape index (κ1) is 16.4. The maximum absolute atomic E-state index is 11.9. The second kappa shape index (κ2) is 8.40. The Morgan fingerprint density at radius 3 is 2.44 bits per heavy atom. The van der Waals surface area contributed by atoms with Gasteiger partial charge in [-0.3, -0.25) is 14.8 Å². The number of rotatable bonds is 6. The van der Waals surface area contributed by atoms with Crippen molar-refractivity contribution in [3.05, 3.63) is 90.5 Å². The first-order valence-electron chi connectivity index (χ1n) is 7.80. The normalized spacial score (nSPS) is 10.6. The zero-order chi connectivity index (χ0) is 17.3. The van der Waals surface area contributed by atoms with Gasteiger partial charge in [-0.05, 0) is 42.0 Å². The molecular formula is C20H17N3O2. The average Bonchev–Trinajstić information content (AvgIpc) is 2.67. The second-order valence-corrected chi connectivity index (χ2v) is 5.28. The summed E-state index contributed by atoms with van der Waals surface area (Å²) in [6, 6.07) is 14.9. The lowest BCUT2D eigenvalue weighted by molar-refractivity contribution is -0.111. The molecule has 3 aromatic rings. The molecule has 0 saturated heterocycles. The molecule has 2 aromatic heterocycles. The molecule has 0 atom stereocenters. The highest BCUT2D eigenvalue weighted by molar-refractivity contribution is 6.01. The van der Waals surface area contributed by atoms with Crippen molar-refractivity contribution in [1.29, 1.82) is 0 Å². The van der Waals surface area contributed by atoms with E-state index in [2.05, 4.69) is 15.3 Å². The smallest absolute Gasteiger partial charge is 0.248 e. The third-order valence-electron chi connectivity index (χ3n) is 3.36. The molecule has 5 heteroatoms. The fourth-order valence-electron chi connectivity index (χ4n) is 2.12. The van der Waals surface area contributed by atoms with Gasteiger partial charge in [0.05, 0.1) is 11.9 Å². The second-order valence-electron chi connectivity index (χ2n) is 5.28. The van der Waals surface area contributed by atoms with Crippen LogP contribution in [0.15, 0.2) is 79.4 Å². The first-order chi connectivity index (χ1) is 12.3. The Morgan fingerprint density at radius 1 is 1.00 bits per heavy atom. The Balaban J connectivity index is 1.52. The quantitative estimate of drug-likeness (QED) is 0.699. The molecule has 0 radical (unpaired) electrons. The molecule has 25 heavy (non-hydrogen) atoms. The maximum Gasteiger partial charge on any atom is 0.248 e. The van der Waals surface area contributed by atoms with E-state index in [1.807, 2.05) is 36.4 Å². The Bertz CT molecular complexity index is 832. The summed E-state index contributed by atoms with van der Waals surface area (Å²) in [4.78, 5) is 19.9. The third-order valence-corrected chi connectivity index (χ3v) is 3.36. The molecular weight excluding hydrogens is 314 g/mol. The van der Waals surface area contributed by atoms with E-state index in [0.717, 1.165) is 16.9 Å². The van der Waals surface area contributed by atoms with Crippen molar-refractivity contribution < 1.29 is 9.53 Å². The number of aromatic nitrogens is 2. The van der Waals surface area contributed by atoms with Crippen LogP contribution in [0.5, 0.6) is 5.75 Å². The van der Waals surface area contributed by atoms with E-state index in [0.29, 0.717) is 12.3 Å². The van der Waals surface area contributed by atoms with Crippen molar-refractivity contribution in [1.82, 2.24) is 9.97 Å². The highest BCUT2D eigenvalue weighted by atomic mass is 16.5. The number of nitrogens with zero attached hydrogens (tertiary/aromatic N) is 2. The number of anilines is 1. The number of carbonyl (C=O) groups is 1. The van der Waals surface area contributed by atoms with Gasteiger partial charge in [-0.15, -0.1) is 0 Å². The van der Waals surface area contributed by atoms with Crippen LogP contribution in [-0.4, -0.2) is 15.9 Å². The van der Waals surface area contributed by atoms with Crippen molar-refractivity contribution in [2.45, 2.75) is 6.61 Å². The van der Waals surface area contributed by atoms with E-state index in [1.54, 1.807) is 43.0 Å². The van der Waals surface area contributed by atoms with Crippen LogP contribution in [0.4, 0.5) is 5.69 Å². The van der Waals surface area contributed by atoms with E-state index < -0.39 is 0 Å². The van der Waals surface area contributed by atoms with Gasteiger partial charge < -0.3 is 10.1 Å². The summed E-state index contributed by atoms with van der Waals surface area (Å²) in [5.41, 5.74) is 2.59. The number of benzene rings is 1. The lowest BCUT2D eigenvalue weighted by atomic mass is 10.2. The predicted molar refractivity (Wildman–Crippen MR) is 96.9 cm³/mol. The summed E-state index contributed by atoms with van der Waals surface area (Å²) in [5, 5.41) is 2.74. The molecule has 2 heterocycles. The van der Waals surface area contributed by atoms with Crippen LogP contribution in [0.2, 0.25) is 0 Å². The molecule has 0 unspecified atom stereocenters. The Kier molecular flexibility index (Phi) is 5.51. The fourth-order valence-corrected chi connectivity index (χ4v) is 2.12. The van der Waals surface area contributed by atoms with Gasteiger partial charge >= 0.3 is 0 Å². The molecule has 1 amide bonds. The topological polar surface area (TPSA) is 64.1 Å². The van der Waals surface area contributed by atoms with E-state index in [-0.39, 0.29) is 5.91 Å². The summed E-state index contributed by atoms with van der Waals surface area (Å²) in [6.07, 6.45) is 9.99.